The van der Waals surface area contributed by atoms with E-state index in [2.05, 4.69) is 45.0 Å². The van der Waals surface area contributed by atoms with Gasteiger partial charge in [-0.1, -0.05) is 29.8 Å². The molecule has 2 N–H and O–H groups in total. The monoisotopic (exact) mass is 573 g/mol. The molecule has 0 spiro atoms. The molecule has 7 nitrogen and oxygen atoms in total. The molecule has 0 unspecified atom stereocenters. The van der Waals surface area contributed by atoms with Crippen LogP contribution in [0.4, 0.5) is 5.69 Å². The molecular formula is C31H32ClN5O2S. The number of amides is 1. The van der Waals surface area contributed by atoms with Gasteiger partial charge in [0.25, 0.3) is 0 Å². The fraction of sp³-hybridized carbons (Fsp3) is 0.258. The third-order valence-electron chi connectivity index (χ3n) is 7.25. The molecule has 0 bridgehead atoms. The van der Waals surface area contributed by atoms with Crippen LogP contribution in [0.25, 0.3) is 5.69 Å². The summed E-state index contributed by atoms with van der Waals surface area (Å²) in [5.74, 6) is 0.659. The van der Waals surface area contributed by atoms with Crippen molar-refractivity contribution in [3.8, 4) is 11.4 Å². The Kier molecular flexibility index (Phi) is 8.09. The molecule has 0 radical (unpaired) electrons. The highest BCUT2D eigenvalue weighted by molar-refractivity contribution is 7.80. The van der Waals surface area contributed by atoms with E-state index in [9.17, 15) is 4.79 Å². The molecule has 1 saturated heterocycles. The topological polar surface area (TPSA) is 71.4 Å². The molecule has 2 aromatic carbocycles. The summed E-state index contributed by atoms with van der Waals surface area (Å²) in [6, 6.07) is 21.1. The highest BCUT2D eigenvalue weighted by atomic mass is 35.5. The number of benzene rings is 2. The van der Waals surface area contributed by atoms with E-state index in [1.807, 2.05) is 67.6 Å². The number of pyridine rings is 1. The number of carbonyl (C=O) groups excluding carboxylic acids is 1. The quantitative estimate of drug-likeness (QED) is 0.236. The number of aromatic nitrogens is 2. The Morgan fingerprint density at radius 3 is 2.65 bits per heavy atom. The van der Waals surface area contributed by atoms with Gasteiger partial charge in [-0.05, 0) is 92.6 Å². The smallest absolute Gasteiger partial charge is 0.226 e. The molecule has 4 aromatic rings. The fourth-order valence-electron chi connectivity index (χ4n) is 5.45. The molecule has 206 valence electrons. The summed E-state index contributed by atoms with van der Waals surface area (Å²) in [6.45, 7) is 6.60. The first-order chi connectivity index (χ1) is 19.3. The molecule has 9 heteroatoms. The minimum atomic E-state index is -0.191. The molecule has 2 atom stereocenters. The molecule has 1 fully saturated rings. The van der Waals surface area contributed by atoms with Gasteiger partial charge >= 0.3 is 0 Å². The minimum Gasteiger partial charge on any atom is -0.495 e. The third-order valence-corrected chi connectivity index (χ3v) is 7.84. The second-order valence-corrected chi connectivity index (χ2v) is 10.8. The number of carbonyl (C=O) groups is 1. The minimum absolute atomic E-state index is 0.0671. The van der Waals surface area contributed by atoms with Crippen molar-refractivity contribution >= 4 is 40.5 Å². The van der Waals surface area contributed by atoms with Crippen molar-refractivity contribution in [2.45, 2.75) is 39.3 Å². The van der Waals surface area contributed by atoms with Crippen molar-refractivity contribution in [3.63, 3.8) is 0 Å². The second-order valence-electron chi connectivity index (χ2n) is 9.97. The van der Waals surface area contributed by atoms with Gasteiger partial charge < -0.3 is 24.8 Å². The van der Waals surface area contributed by atoms with Crippen molar-refractivity contribution in [1.82, 2.24) is 19.8 Å². The van der Waals surface area contributed by atoms with Crippen molar-refractivity contribution in [2.75, 3.05) is 19.0 Å². The van der Waals surface area contributed by atoms with Gasteiger partial charge in [0.15, 0.2) is 5.11 Å². The second kappa shape index (κ2) is 11.7. The number of nitrogens with one attached hydrogen (secondary N) is 2. The van der Waals surface area contributed by atoms with Crippen molar-refractivity contribution in [1.29, 1.82) is 0 Å². The summed E-state index contributed by atoms with van der Waals surface area (Å²) >= 11 is 12.2. The van der Waals surface area contributed by atoms with Crippen LogP contribution in [0, 0.1) is 20.8 Å². The summed E-state index contributed by atoms with van der Waals surface area (Å²) in [4.78, 5) is 19.7. The zero-order valence-electron chi connectivity index (χ0n) is 22.9. The van der Waals surface area contributed by atoms with Crippen LogP contribution in [0.2, 0.25) is 5.02 Å². The van der Waals surface area contributed by atoms with Gasteiger partial charge in [-0.25, -0.2) is 0 Å². The summed E-state index contributed by atoms with van der Waals surface area (Å²) in [6.07, 6.45) is 2.07. The maximum Gasteiger partial charge on any atom is 0.226 e. The molecule has 0 aliphatic carbocycles. The number of rotatable bonds is 8. The van der Waals surface area contributed by atoms with Crippen LogP contribution in [0.15, 0.2) is 72.9 Å². The van der Waals surface area contributed by atoms with E-state index in [-0.39, 0.29) is 24.4 Å². The molecule has 2 aromatic heterocycles. The average Bonchev–Trinajstić information content (AvgIpc) is 3.42. The van der Waals surface area contributed by atoms with Gasteiger partial charge in [-0.15, -0.1) is 0 Å². The Morgan fingerprint density at radius 2 is 1.93 bits per heavy atom. The maximum absolute atomic E-state index is 13.0. The van der Waals surface area contributed by atoms with Crippen LogP contribution in [-0.4, -0.2) is 39.1 Å². The Labute approximate surface area is 245 Å². The van der Waals surface area contributed by atoms with E-state index in [1.165, 1.54) is 0 Å². The number of anilines is 1. The first-order valence-electron chi connectivity index (χ1n) is 13.1. The van der Waals surface area contributed by atoms with E-state index in [0.29, 0.717) is 16.7 Å². The zero-order chi connectivity index (χ0) is 28.4. The van der Waals surface area contributed by atoms with Gasteiger partial charge in [0.05, 0.1) is 30.6 Å². The third kappa shape index (κ3) is 5.55. The molecular weight excluding hydrogens is 542 g/mol. The Hall–Kier alpha value is -3.88. The van der Waals surface area contributed by atoms with Crippen molar-refractivity contribution in [3.05, 3.63) is 106 Å². The first-order valence-corrected chi connectivity index (χ1v) is 13.9. The number of halogens is 1. The molecule has 40 heavy (non-hydrogen) atoms. The predicted molar refractivity (Wildman–Crippen MR) is 163 cm³/mol. The van der Waals surface area contributed by atoms with Crippen LogP contribution in [0.1, 0.15) is 46.7 Å². The Morgan fingerprint density at radius 1 is 1.10 bits per heavy atom. The number of hydrogen-bond donors (Lipinski definition) is 2. The van der Waals surface area contributed by atoms with Crippen LogP contribution in [0.5, 0.6) is 5.75 Å². The molecule has 0 saturated carbocycles. The van der Waals surface area contributed by atoms with E-state index in [0.717, 1.165) is 45.3 Å². The Balaban J connectivity index is 1.50. The van der Waals surface area contributed by atoms with E-state index in [4.69, 9.17) is 28.6 Å². The fourth-order valence-corrected chi connectivity index (χ4v) is 5.95. The largest absolute Gasteiger partial charge is 0.495 e. The number of aryl methyl sites for hydroxylation is 2. The van der Waals surface area contributed by atoms with Gasteiger partial charge in [-0.3, -0.25) is 9.78 Å². The highest BCUT2D eigenvalue weighted by Crippen LogP contribution is 2.42. The van der Waals surface area contributed by atoms with E-state index < -0.39 is 0 Å². The zero-order valence-corrected chi connectivity index (χ0v) is 24.5. The lowest BCUT2D eigenvalue weighted by atomic mass is 9.96. The number of hydrogen-bond acceptors (Lipinski definition) is 4. The maximum atomic E-state index is 13.0. The lowest BCUT2D eigenvalue weighted by Gasteiger charge is -2.28. The van der Waals surface area contributed by atoms with Gasteiger partial charge in [0.1, 0.15) is 5.75 Å². The number of methoxy groups -OCH3 is 1. The predicted octanol–water partition coefficient (Wildman–Crippen LogP) is 6.46. The molecule has 1 amide bonds. The average molecular weight is 574 g/mol. The first kappa shape index (κ1) is 27.7. The summed E-state index contributed by atoms with van der Waals surface area (Å²) in [5, 5.41) is 7.71. The lowest BCUT2D eigenvalue weighted by Crippen LogP contribution is -2.32. The van der Waals surface area contributed by atoms with Gasteiger partial charge in [0.2, 0.25) is 5.91 Å². The van der Waals surface area contributed by atoms with Gasteiger partial charge in [-0.2, -0.15) is 0 Å². The Bertz CT molecular complexity index is 1550. The van der Waals surface area contributed by atoms with Crippen LogP contribution < -0.4 is 15.4 Å². The molecule has 1 aliphatic heterocycles. The summed E-state index contributed by atoms with van der Waals surface area (Å²) < 4.78 is 7.82. The van der Waals surface area contributed by atoms with E-state index >= 15 is 0 Å². The van der Waals surface area contributed by atoms with Crippen LogP contribution >= 0.6 is 23.8 Å². The SMILES string of the molecule is COc1ccc(Cl)cc1-n1c(C)cc([C@@H]2[C@H](c3ccccn3)NC(=S)N2CCC(=O)Nc2cccc(C)c2)c1C. The molecule has 1 aliphatic rings. The van der Waals surface area contributed by atoms with Crippen LogP contribution in [-0.2, 0) is 4.79 Å². The number of nitrogens with zero attached hydrogens (tertiary/aromatic N) is 3. The van der Waals surface area contributed by atoms with Crippen LogP contribution in [0.3, 0.4) is 0 Å². The van der Waals surface area contributed by atoms with Gasteiger partial charge in [0, 0.05) is 41.3 Å². The van der Waals surface area contributed by atoms with E-state index in [1.54, 1.807) is 13.3 Å². The molecule has 5 rings (SSSR count). The van der Waals surface area contributed by atoms with Crippen molar-refractivity contribution in [2.24, 2.45) is 0 Å². The normalized spacial score (nSPS) is 16.6. The lowest BCUT2D eigenvalue weighted by molar-refractivity contribution is -0.116. The molecule has 3 heterocycles. The standard InChI is InChI=1S/C31H32ClN5O2S/c1-19-8-7-9-23(16-19)34-28(38)13-15-36-30(29(35-31(36)40)25-10-5-6-14-33-25)24-17-20(2)37(21(24)3)26-18-22(32)11-12-27(26)39-4/h5-12,14,16-18,29-30H,13,15H2,1-4H3,(H,34,38)(H,35,40)/t29-,30+/m0/s1. The summed E-state index contributed by atoms with van der Waals surface area (Å²) in [5.41, 5.74) is 6.77. The van der Waals surface area contributed by atoms with Crippen molar-refractivity contribution < 1.29 is 9.53 Å². The number of ether oxygens (including phenoxy) is 1. The highest BCUT2D eigenvalue weighted by Gasteiger charge is 2.41. The number of thiocarbonyl (C=S) groups is 1. The summed E-state index contributed by atoms with van der Waals surface area (Å²) in [7, 11) is 1.65.